The summed E-state index contributed by atoms with van der Waals surface area (Å²) in [5, 5.41) is 11.5. The number of hydrogen-bond acceptors (Lipinski definition) is 3. The van der Waals surface area contributed by atoms with Crippen LogP contribution in [0, 0.1) is 5.92 Å². The number of anilines is 1. The summed E-state index contributed by atoms with van der Waals surface area (Å²) in [6, 6.07) is 10.7. The number of likely N-dealkylation sites (tertiary alicyclic amines) is 1. The standard InChI is InChI=1S/C22H34N6.HI/c1-5-23-22(28-12-11-18(16-28)19-13-25-27(4)15-19)24-14-21(17(2)3)26-20-9-7-6-8-10-20;/h6-10,13,15,17-18,21,26H,5,11-12,14,16H2,1-4H3,(H,23,24);1H. The van der Waals surface area contributed by atoms with Crippen molar-refractivity contribution in [3.63, 3.8) is 0 Å². The third kappa shape index (κ3) is 6.62. The van der Waals surface area contributed by atoms with Gasteiger partial charge >= 0.3 is 0 Å². The number of hydrogen-bond donors (Lipinski definition) is 2. The van der Waals surface area contributed by atoms with Crippen molar-refractivity contribution in [2.24, 2.45) is 18.0 Å². The fourth-order valence-corrected chi connectivity index (χ4v) is 3.66. The highest BCUT2D eigenvalue weighted by Crippen LogP contribution is 2.26. The fraction of sp³-hybridized carbons (Fsp3) is 0.545. The lowest BCUT2D eigenvalue weighted by molar-refractivity contribution is 0.477. The predicted octanol–water partition coefficient (Wildman–Crippen LogP) is 3.93. The molecule has 1 fully saturated rings. The smallest absolute Gasteiger partial charge is 0.194 e. The van der Waals surface area contributed by atoms with Gasteiger partial charge in [-0.25, -0.2) is 0 Å². The van der Waals surface area contributed by atoms with Crippen LogP contribution in [0.5, 0.6) is 0 Å². The molecule has 0 radical (unpaired) electrons. The van der Waals surface area contributed by atoms with Crippen molar-refractivity contribution in [3.8, 4) is 0 Å². The van der Waals surface area contributed by atoms with Gasteiger partial charge in [0.15, 0.2) is 5.96 Å². The normalized spacial score (nSPS) is 17.9. The number of aryl methyl sites for hydroxylation is 1. The molecule has 2 heterocycles. The van der Waals surface area contributed by atoms with Gasteiger partial charge in [0.25, 0.3) is 0 Å². The lowest BCUT2D eigenvalue weighted by Gasteiger charge is -2.25. The molecule has 3 rings (SSSR count). The van der Waals surface area contributed by atoms with Gasteiger partial charge in [0, 0.05) is 50.5 Å². The average molecular weight is 510 g/mol. The lowest BCUT2D eigenvalue weighted by Crippen LogP contribution is -2.41. The Balaban J connectivity index is 0.00000300. The zero-order valence-corrected chi connectivity index (χ0v) is 20.3. The fourth-order valence-electron chi connectivity index (χ4n) is 3.66. The third-order valence-electron chi connectivity index (χ3n) is 5.39. The molecule has 1 aliphatic rings. The molecule has 6 nitrogen and oxygen atoms in total. The number of halogens is 1. The zero-order valence-electron chi connectivity index (χ0n) is 18.0. The Hall–Kier alpha value is -1.77. The van der Waals surface area contributed by atoms with E-state index in [1.807, 2.05) is 24.0 Å². The van der Waals surface area contributed by atoms with Crippen LogP contribution in [0.25, 0.3) is 0 Å². The van der Waals surface area contributed by atoms with Gasteiger partial charge in [0.1, 0.15) is 0 Å². The van der Waals surface area contributed by atoms with Gasteiger partial charge in [-0.1, -0.05) is 32.0 Å². The molecule has 0 spiro atoms. The first-order valence-electron chi connectivity index (χ1n) is 10.4. The van der Waals surface area contributed by atoms with Crippen LogP contribution in [0.4, 0.5) is 5.69 Å². The Morgan fingerprint density at radius 1 is 1.28 bits per heavy atom. The van der Waals surface area contributed by atoms with E-state index < -0.39 is 0 Å². The van der Waals surface area contributed by atoms with Crippen molar-refractivity contribution < 1.29 is 0 Å². The second-order valence-corrected chi connectivity index (χ2v) is 7.93. The summed E-state index contributed by atoms with van der Waals surface area (Å²) < 4.78 is 1.89. The molecule has 7 heteroatoms. The van der Waals surface area contributed by atoms with Crippen LogP contribution >= 0.6 is 24.0 Å². The van der Waals surface area contributed by atoms with Gasteiger partial charge in [0.05, 0.1) is 12.7 Å². The van der Waals surface area contributed by atoms with E-state index in [0.717, 1.165) is 44.2 Å². The van der Waals surface area contributed by atoms with Gasteiger partial charge in [-0.3, -0.25) is 9.67 Å². The second-order valence-electron chi connectivity index (χ2n) is 7.93. The largest absolute Gasteiger partial charge is 0.380 e. The van der Waals surface area contributed by atoms with Gasteiger partial charge in [-0.05, 0) is 37.0 Å². The van der Waals surface area contributed by atoms with Crippen molar-refractivity contribution in [3.05, 3.63) is 48.3 Å². The first-order chi connectivity index (χ1) is 13.6. The second kappa shape index (κ2) is 11.4. The van der Waals surface area contributed by atoms with Crippen LogP contribution in [0.2, 0.25) is 0 Å². The maximum Gasteiger partial charge on any atom is 0.194 e. The molecule has 0 saturated carbocycles. The van der Waals surface area contributed by atoms with Crippen molar-refractivity contribution in [1.82, 2.24) is 20.0 Å². The molecule has 1 saturated heterocycles. The summed E-state index contributed by atoms with van der Waals surface area (Å²) in [7, 11) is 1.98. The van der Waals surface area contributed by atoms with Crippen LogP contribution < -0.4 is 10.6 Å². The minimum Gasteiger partial charge on any atom is -0.380 e. The molecule has 2 aromatic rings. The van der Waals surface area contributed by atoms with E-state index in [4.69, 9.17) is 4.99 Å². The topological polar surface area (TPSA) is 57.5 Å². The molecule has 1 aliphatic heterocycles. The number of benzene rings is 1. The molecule has 0 bridgehead atoms. The van der Waals surface area contributed by atoms with Crippen LogP contribution in [0.1, 0.15) is 38.7 Å². The predicted molar refractivity (Wildman–Crippen MR) is 132 cm³/mol. The molecule has 2 unspecified atom stereocenters. The molecular formula is C22H35IN6. The highest BCUT2D eigenvalue weighted by molar-refractivity contribution is 14.0. The van der Waals surface area contributed by atoms with E-state index in [9.17, 15) is 0 Å². The van der Waals surface area contributed by atoms with Crippen molar-refractivity contribution in [2.45, 2.75) is 39.2 Å². The summed E-state index contributed by atoms with van der Waals surface area (Å²) >= 11 is 0. The first kappa shape index (κ1) is 23.5. The quantitative estimate of drug-likeness (QED) is 0.337. The monoisotopic (exact) mass is 510 g/mol. The molecular weight excluding hydrogens is 475 g/mol. The van der Waals surface area contributed by atoms with Crippen molar-refractivity contribution >= 4 is 35.6 Å². The summed E-state index contributed by atoms with van der Waals surface area (Å²) in [5.74, 6) is 2.05. The third-order valence-corrected chi connectivity index (χ3v) is 5.39. The average Bonchev–Trinajstić information content (AvgIpc) is 3.33. The summed E-state index contributed by atoms with van der Waals surface area (Å²) in [6.45, 7) is 10.3. The highest BCUT2D eigenvalue weighted by Gasteiger charge is 2.27. The van der Waals surface area contributed by atoms with E-state index in [2.05, 4.69) is 71.9 Å². The number of rotatable bonds is 7. The van der Waals surface area contributed by atoms with E-state index in [-0.39, 0.29) is 24.0 Å². The molecule has 2 N–H and O–H groups in total. The van der Waals surface area contributed by atoms with Crippen molar-refractivity contribution in [2.75, 3.05) is 31.5 Å². The van der Waals surface area contributed by atoms with Gasteiger partial charge in [-0.2, -0.15) is 5.10 Å². The van der Waals surface area contributed by atoms with Gasteiger partial charge in [-0.15, -0.1) is 24.0 Å². The maximum atomic E-state index is 4.99. The van der Waals surface area contributed by atoms with E-state index in [0.29, 0.717) is 17.9 Å². The Labute approximate surface area is 192 Å². The summed E-state index contributed by atoms with van der Waals surface area (Å²) in [6.07, 6.45) is 5.28. The van der Waals surface area contributed by atoms with Crippen LogP contribution in [-0.2, 0) is 7.05 Å². The maximum absolute atomic E-state index is 4.99. The van der Waals surface area contributed by atoms with Crippen LogP contribution in [0.15, 0.2) is 47.7 Å². The molecule has 29 heavy (non-hydrogen) atoms. The van der Waals surface area contributed by atoms with E-state index in [1.54, 1.807) is 0 Å². The van der Waals surface area contributed by atoms with Crippen LogP contribution in [0.3, 0.4) is 0 Å². The van der Waals surface area contributed by atoms with E-state index in [1.165, 1.54) is 5.56 Å². The SMILES string of the molecule is CCNC(=NCC(Nc1ccccc1)C(C)C)N1CCC(c2cnn(C)c2)C1.I. The Bertz CT molecular complexity index is 758. The number of aliphatic imine (C=N–C) groups is 1. The van der Waals surface area contributed by atoms with Crippen LogP contribution in [-0.4, -0.2) is 52.9 Å². The number of para-hydroxylation sites is 1. The molecule has 0 amide bonds. The van der Waals surface area contributed by atoms with Gasteiger partial charge in [0.2, 0.25) is 0 Å². The van der Waals surface area contributed by atoms with Crippen molar-refractivity contribution in [1.29, 1.82) is 0 Å². The zero-order chi connectivity index (χ0) is 19.9. The number of nitrogens with zero attached hydrogens (tertiary/aromatic N) is 4. The lowest BCUT2D eigenvalue weighted by atomic mass is 10.0. The molecule has 0 aliphatic carbocycles. The minimum absolute atomic E-state index is 0. The highest BCUT2D eigenvalue weighted by atomic mass is 127. The Kier molecular flexibility index (Phi) is 9.26. The first-order valence-corrected chi connectivity index (χ1v) is 10.4. The Morgan fingerprint density at radius 3 is 2.66 bits per heavy atom. The minimum atomic E-state index is 0. The molecule has 1 aromatic heterocycles. The number of nitrogens with one attached hydrogen (secondary N) is 2. The number of guanidine groups is 1. The summed E-state index contributed by atoms with van der Waals surface area (Å²) in [5.41, 5.74) is 2.48. The molecule has 2 atom stereocenters. The Morgan fingerprint density at radius 2 is 2.03 bits per heavy atom. The molecule has 160 valence electrons. The summed E-state index contributed by atoms with van der Waals surface area (Å²) in [4.78, 5) is 7.38. The number of aromatic nitrogens is 2. The van der Waals surface area contributed by atoms with Gasteiger partial charge < -0.3 is 15.5 Å². The molecule has 1 aromatic carbocycles. The van der Waals surface area contributed by atoms with E-state index >= 15 is 0 Å².